The average Bonchev–Trinajstić information content (AvgIpc) is 3.12. The SMILES string of the molecule is CCCCCCC(CCCC)C(=O)OCCCCCC(=O)N[C@@H](CCN=C(N)N)C(=O)NCCCCCCCCOC(=O)C(CCC)CCCCC. The number of hydrogen-bond donors (Lipinski definition) is 4. The zero-order valence-corrected chi connectivity index (χ0v) is 33.8. The van der Waals surface area contributed by atoms with Gasteiger partial charge in [-0.1, -0.05) is 118 Å². The fourth-order valence-electron chi connectivity index (χ4n) is 6.29. The van der Waals surface area contributed by atoms with Crippen LogP contribution < -0.4 is 22.1 Å². The normalized spacial score (nSPS) is 12.8. The van der Waals surface area contributed by atoms with Gasteiger partial charge >= 0.3 is 11.9 Å². The van der Waals surface area contributed by atoms with Gasteiger partial charge in [-0.3, -0.25) is 24.2 Å². The highest BCUT2D eigenvalue weighted by molar-refractivity contribution is 5.87. The van der Waals surface area contributed by atoms with Crippen molar-refractivity contribution in [3.63, 3.8) is 0 Å². The molecule has 0 saturated carbocycles. The first kappa shape index (κ1) is 49.1. The van der Waals surface area contributed by atoms with E-state index < -0.39 is 6.04 Å². The molecule has 0 aliphatic heterocycles. The van der Waals surface area contributed by atoms with Crippen LogP contribution in [0, 0.1) is 11.8 Å². The Labute approximate surface area is 317 Å². The number of nitrogens with two attached hydrogens (primary N) is 2. The molecule has 2 unspecified atom stereocenters. The number of guanidine groups is 1. The molecule has 2 amide bonds. The molecule has 0 aliphatic rings. The maximum atomic E-state index is 13.0. The van der Waals surface area contributed by atoms with Gasteiger partial charge in [-0.25, -0.2) is 0 Å². The third-order valence-corrected chi connectivity index (χ3v) is 9.54. The van der Waals surface area contributed by atoms with Gasteiger partial charge in [-0.15, -0.1) is 0 Å². The van der Waals surface area contributed by atoms with Crippen LogP contribution in [-0.4, -0.2) is 62.1 Å². The highest BCUT2D eigenvalue weighted by Crippen LogP contribution is 2.20. The minimum absolute atomic E-state index is 0.0117. The van der Waals surface area contributed by atoms with Crippen LogP contribution in [0.4, 0.5) is 0 Å². The number of hydrogen-bond acceptors (Lipinski definition) is 7. The molecule has 0 aromatic carbocycles. The number of carbonyl (C=O) groups excluding carboxylic acids is 4. The Morgan fingerprint density at radius 2 is 1.06 bits per heavy atom. The largest absolute Gasteiger partial charge is 0.465 e. The minimum atomic E-state index is -0.722. The molecule has 0 rings (SSSR count). The molecule has 0 fully saturated rings. The second-order valence-electron chi connectivity index (χ2n) is 14.4. The van der Waals surface area contributed by atoms with Gasteiger partial charge in [0, 0.05) is 19.5 Å². The number of aliphatic imine (C=N–C) groups is 1. The predicted molar refractivity (Wildman–Crippen MR) is 213 cm³/mol. The van der Waals surface area contributed by atoms with Gasteiger partial charge in [0.25, 0.3) is 0 Å². The summed E-state index contributed by atoms with van der Waals surface area (Å²) in [5.41, 5.74) is 10.9. The third kappa shape index (κ3) is 28.7. The number of nitrogens with one attached hydrogen (secondary N) is 2. The summed E-state index contributed by atoms with van der Waals surface area (Å²) in [6, 6.07) is -0.722. The average molecular weight is 738 g/mol. The van der Waals surface area contributed by atoms with E-state index in [0.29, 0.717) is 39.0 Å². The third-order valence-electron chi connectivity index (χ3n) is 9.54. The smallest absolute Gasteiger partial charge is 0.308 e. The van der Waals surface area contributed by atoms with E-state index in [1.165, 1.54) is 12.8 Å². The first-order valence-corrected chi connectivity index (χ1v) is 21.2. The molecule has 0 aromatic rings. The number of unbranched alkanes of at least 4 members (excludes halogenated alkanes) is 13. The van der Waals surface area contributed by atoms with Crippen molar-refractivity contribution in [2.24, 2.45) is 28.3 Å². The number of nitrogens with zero attached hydrogens (tertiary/aromatic N) is 1. The molecule has 6 N–H and O–H groups in total. The lowest BCUT2D eigenvalue weighted by Crippen LogP contribution is -2.47. The van der Waals surface area contributed by atoms with Gasteiger partial charge in [-0.05, 0) is 64.2 Å². The van der Waals surface area contributed by atoms with Gasteiger partial charge in [0.05, 0.1) is 25.0 Å². The first-order valence-electron chi connectivity index (χ1n) is 21.2. The van der Waals surface area contributed by atoms with Crippen molar-refractivity contribution < 1.29 is 28.7 Å². The molecule has 0 aliphatic carbocycles. The van der Waals surface area contributed by atoms with Crippen molar-refractivity contribution in [1.82, 2.24) is 10.6 Å². The van der Waals surface area contributed by atoms with Crippen LogP contribution >= 0.6 is 0 Å². The molecule has 0 bridgehead atoms. The molecule has 0 saturated heterocycles. The molecular weight excluding hydrogens is 658 g/mol. The molecule has 0 spiro atoms. The fourth-order valence-corrected chi connectivity index (χ4v) is 6.29. The van der Waals surface area contributed by atoms with Crippen molar-refractivity contribution in [2.45, 2.75) is 194 Å². The summed E-state index contributed by atoms with van der Waals surface area (Å²) in [6.07, 6.45) is 23.2. The number of ether oxygens (including phenoxy) is 2. The predicted octanol–water partition coefficient (Wildman–Crippen LogP) is 8.01. The van der Waals surface area contributed by atoms with E-state index in [9.17, 15) is 19.2 Å². The lowest BCUT2D eigenvalue weighted by atomic mass is 9.95. The fraction of sp³-hybridized carbons (Fsp3) is 0.878. The van der Waals surface area contributed by atoms with E-state index in [0.717, 1.165) is 122 Å². The number of carbonyl (C=O) groups is 4. The Bertz CT molecular complexity index is 943. The Balaban J connectivity index is 4.35. The summed E-state index contributed by atoms with van der Waals surface area (Å²) < 4.78 is 11.2. The van der Waals surface area contributed by atoms with E-state index in [1.807, 2.05) is 0 Å². The van der Waals surface area contributed by atoms with Gasteiger partial charge in [0.1, 0.15) is 6.04 Å². The molecule has 0 radical (unpaired) electrons. The van der Waals surface area contributed by atoms with E-state index in [1.54, 1.807) is 0 Å². The van der Waals surface area contributed by atoms with E-state index >= 15 is 0 Å². The molecule has 11 nitrogen and oxygen atoms in total. The van der Waals surface area contributed by atoms with Gasteiger partial charge in [0.15, 0.2) is 5.96 Å². The van der Waals surface area contributed by atoms with Crippen LogP contribution in [-0.2, 0) is 28.7 Å². The Morgan fingerprint density at radius 1 is 0.558 bits per heavy atom. The highest BCUT2D eigenvalue weighted by atomic mass is 16.5. The molecule has 52 heavy (non-hydrogen) atoms. The highest BCUT2D eigenvalue weighted by Gasteiger charge is 2.21. The molecule has 304 valence electrons. The minimum Gasteiger partial charge on any atom is -0.465 e. The van der Waals surface area contributed by atoms with Crippen molar-refractivity contribution in [3.8, 4) is 0 Å². The second-order valence-corrected chi connectivity index (χ2v) is 14.4. The number of amides is 2. The Morgan fingerprint density at radius 3 is 1.65 bits per heavy atom. The lowest BCUT2D eigenvalue weighted by Gasteiger charge is -2.18. The van der Waals surface area contributed by atoms with Crippen LogP contribution in [0.3, 0.4) is 0 Å². The summed E-state index contributed by atoms with van der Waals surface area (Å²) in [5, 5.41) is 5.81. The van der Waals surface area contributed by atoms with E-state index in [2.05, 4.69) is 43.3 Å². The van der Waals surface area contributed by atoms with E-state index in [4.69, 9.17) is 20.9 Å². The van der Waals surface area contributed by atoms with E-state index in [-0.39, 0.29) is 54.5 Å². The number of rotatable bonds is 36. The molecule has 11 heteroatoms. The second kappa shape index (κ2) is 35.2. The summed E-state index contributed by atoms with van der Waals surface area (Å²) in [4.78, 5) is 54.8. The summed E-state index contributed by atoms with van der Waals surface area (Å²) in [6.45, 7) is 10.2. The summed E-state index contributed by atoms with van der Waals surface area (Å²) in [7, 11) is 0. The van der Waals surface area contributed by atoms with Crippen LogP contribution in [0.2, 0.25) is 0 Å². The molecule has 3 atom stereocenters. The number of esters is 2. The molecule has 0 aromatic heterocycles. The zero-order chi connectivity index (χ0) is 38.7. The Kier molecular flexibility index (Phi) is 33.3. The van der Waals surface area contributed by atoms with Crippen molar-refractivity contribution >= 4 is 29.7 Å². The maximum absolute atomic E-state index is 13.0. The zero-order valence-electron chi connectivity index (χ0n) is 33.8. The van der Waals surface area contributed by atoms with Gasteiger partial charge in [0.2, 0.25) is 11.8 Å². The van der Waals surface area contributed by atoms with Gasteiger partial charge < -0.3 is 31.6 Å². The standard InChI is InChI=1S/C41H79N5O6/c1-5-9-12-19-27-35(25-11-7-3)40(50)52-33-23-17-20-28-37(47)46-36(29-31-45-41(42)43)38(48)44-30-21-15-13-14-16-22-32-51-39(49)34(24-8-4)26-18-10-6-2/h34-36H,5-33H2,1-4H3,(H,44,48)(H,46,47)(H4,42,43,45)/t34?,35?,36-/m0/s1. The first-order chi connectivity index (χ1) is 25.2. The van der Waals surface area contributed by atoms with Crippen molar-refractivity contribution in [2.75, 3.05) is 26.3 Å². The maximum Gasteiger partial charge on any atom is 0.308 e. The summed E-state index contributed by atoms with van der Waals surface area (Å²) >= 11 is 0. The van der Waals surface area contributed by atoms with Crippen LogP contribution in [0.1, 0.15) is 188 Å². The quantitative estimate of drug-likeness (QED) is 0.0216. The van der Waals surface area contributed by atoms with Crippen molar-refractivity contribution in [1.29, 1.82) is 0 Å². The lowest BCUT2D eigenvalue weighted by molar-refractivity contribution is -0.150. The molecule has 0 heterocycles. The van der Waals surface area contributed by atoms with Crippen LogP contribution in [0.15, 0.2) is 4.99 Å². The topological polar surface area (TPSA) is 175 Å². The Hall–Kier alpha value is -2.85. The van der Waals surface area contributed by atoms with Crippen LogP contribution in [0.25, 0.3) is 0 Å². The van der Waals surface area contributed by atoms with Gasteiger partial charge in [-0.2, -0.15) is 0 Å². The molecular formula is C41H79N5O6. The summed E-state index contributed by atoms with van der Waals surface area (Å²) in [5.74, 6) is -0.578. The van der Waals surface area contributed by atoms with Crippen molar-refractivity contribution in [3.05, 3.63) is 0 Å². The monoisotopic (exact) mass is 738 g/mol. The van der Waals surface area contributed by atoms with Crippen LogP contribution in [0.5, 0.6) is 0 Å².